The number of methoxy groups -OCH3 is 1. The molecule has 0 unspecified atom stereocenters. The summed E-state index contributed by atoms with van der Waals surface area (Å²) in [5, 5.41) is 4.15. The fraction of sp³-hybridized carbons (Fsp3) is 0.125. The average Bonchev–Trinajstić information content (AvgIpc) is 3.44. The first-order valence-corrected chi connectivity index (χ1v) is 10.4. The molecule has 0 spiro atoms. The van der Waals surface area contributed by atoms with Gasteiger partial charge in [-0.1, -0.05) is 12.1 Å². The third kappa shape index (κ3) is 3.53. The molecule has 1 fully saturated rings. The summed E-state index contributed by atoms with van der Waals surface area (Å²) < 4.78 is 7.44. The molecule has 0 radical (unpaired) electrons. The van der Waals surface area contributed by atoms with Gasteiger partial charge in [-0.25, -0.2) is 4.98 Å². The number of ether oxygens (including phenoxy) is 1. The minimum atomic E-state index is -0.118. The molecule has 6 nitrogen and oxygen atoms in total. The van der Waals surface area contributed by atoms with Crippen molar-refractivity contribution >= 4 is 23.0 Å². The van der Waals surface area contributed by atoms with Crippen LogP contribution in [-0.4, -0.2) is 26.8 Å². The highest BCUT2D eigenvalue weighted by Gasteiger charge is 2.42. The lowest BCUT2D eigenvalue weighted by Gasteiger charge is -2.28. The summed E-state index contributed by atoms with van der Waals surface area (Å²) in [4.78, 5) is 11.3. The summed E-state index contributed by atoms with van der Waals surface area (Å²) in [7, 11) is 1.66. The van der Waals surface area contributed by atoms with Gasteiger partial charge in [-0.2, -0.15) is 0 Å². The summed E-state index contributed by atoms with van der Waals surface area (Å²) in [5.74, 6) is 1.66. The maximum Gasteiger partial charge on any atom is 0.174 e. The number of pyridine rings is 2. The van der Waals surface area contributed by atoms with E-state index in [2.05, 4.69) is 30.8 Å². The third-order valence-corrected chi connectivity index (χ3v) is 5.74. The number of anilines is 1. The van der Waals surface area contributed by atoms with E-state index in [0.717, 1.165) is 28.6 Å². The van der Waals surface area contributed by atoms with E-state index in [-0.39, 0.29) is 12.1 Å². The first-order chi connectivity index (χ1) is 15.3. The van der Waals surface area contributed by atoms with Gasteiger partial charge in [-0.15, -0.1) is 0 Å². The van der Waals surface area contributed by atoms with Gasteiger partial charge in [-0.05, 0) is 72.9 Å². The Morgan fingerprint density at radius 1 is 0.903 bits per heavy atom. The van der Waals surface area contributed by atoms with E-state index in [0.29, 0.717) is 5.11 Å². The lowest BCUT2D eigenvalue weighted by atomic mass is 10.0. The first-order valence-electron chi connectivity index (χ1n) is 9.99. The highest BCUT2D eigenvalue weighted by molar-refractivity contribution is 7.80. The predicted octanol–water partition coefficient (Wildman–Crippen LogP) is 4.45. The van der Waals surface area contributed by atoms with E-state index in [4.69, 9.17) is 17.0 Å². The minimum absolute atomic E-state index is 0.117. The normalized spacial score (nSPS) is 18.1. The van der Waals surface area contributed by atoms with Crippen LogP contribution in [0, 0.1) is 0 Å². The van der Waals surface area contributed by atoms with Crippen LogP contribution in [0.15, 0.2) is 91.4 Å². The van der Waals surface area contributed by atoms with Gasteiger partial charge in [0, 0.05) is 30.0 Å². The topological polar surface area (TPSA) is 55.2 Å². The highest BCUT2D eigenvalue weighted by atomic mass is 32.1. The molecule has 4 heterocycles. The smallest absolute Gasteiger partial charge is 0.174 e. The Morgan fingerprint density at radius 3 is 2.35 bits per heavy atom. The maximum absolute atomic E-state index is 5.80. The van der Waals surface area contributed by atoms with Crippen molar-refractivity contribution in [1.29, 1.82) is 0 Å². The molecule has 1 aliphatic heterocycles. The van der Waals surface area contributed by atoms with Crippen LogP contribution in [0.3, 0.4) is 0 Å². The summed E-state index contributed by atoms with van der Waals surface area (Å²) in [6.45, 7) is 0. The first kappa shape index (κ1) is 19.3. The summed E-state index contributed by atoms with van der Waals surface area (Å²) in [6.07, 6.45) is 5.64. The van der Waals surface area contributed by atoms with E-state index in [1.807, 2.05) is 79.1 Å². The zero-order chi connectivity index (χ0) is 21.2. The number of hydrogen-bond acceptors (Lipinski definition) is 4. The van der Waals surface area contributed by atoms with Crippen LogP contribution in [-0.2, 0) is 0 Å². The summed E-state index contributed by atoms with van der Waals surface area (Å²) in [6, 6.07) is 23.7. The van der Waals surface area contributed by atoms with Crippen molar-refractivity contribution in [1.82, 2.24) is 19.9 Å². The minimum Gasteiger partial charge on any atom is -0.497 e. The van der Waals surface area contributed by atoms with Gasteiger partial charge < -0.3 is 19.5 Å². The standard InChI is InChI=1S/C24H21N5OS/c1-30-18-12-10-17(11-13-18)29-23(22(27-24(29)31)19-7-2-4-14-25-19)20-8-6-16-28(20)21-9-3-5-15-26-21/h2-16,22-23H,1H3,(H,27,31)/t22-,23-/m0/s1. The fourth-order valence-electron chi connectivity index (χ4n) is 4.02. The molecular formula is C24H21N5OS. The van der Waals surface area contributed by atoms with Crippen LogP contribution in [0.5, 0.6) is 5.75 Å². The van der Waals surface area contributed by atoms with Gasteiger partial charge in [0.1, 0.15) is 17.6 Å². The predicted molar refractivity (Wildman–Crippen MR) is 124 cm³/mol. The molecule has 31 heavy (non-hydrogen) atoms. The highest BCUT2D eigenvalue weighted by Crippen LogP contribution is 2.42. The lowest BCUT2D eigenvalue weighted by molar-refractivity contribution is 0.415. The zero-order valence-electron chi connectivity index (χ0n) is 16.9. The van der Waals surface area contributed by atoms with Crippen molar-refractivity contribution in [2.24, 2.45) is 0 Å². The van der Waals surface area contributed by atoms with Gasteiger partial charge in [0.05, 0.1) is 18.8 Å². The number of rotatable bonds is 5. The molecule has 0 amide bonds. The Hall–Kier alpha value is -3.71. The molecule has 1 N–H and O–H groups in total. The number of hydrogen-bond donors (Lipinski definition) is 1. The molecule has 1 aliphatic rings. The Morgan fingerprint density at radius 2 is 1.68 bits per heavy atom. The second-order valence-corrected chi connectivity index (χ2v) is 7.57. The van der Waals surface area contributed by atoms with Crippen molar-refractivity contribution in [2.75, 3.05) is 12.0 Å². The van der Waals surface area contributed by atoms with E-state index < -0.39 is 0 Å². The van der Waals surface area contributed by atoms with Crippen LogP contribution < -0.4 is 15.0 Å². The Bertz CT molecular complexity index is 1180. The summed E-state index contributed by atoms with van der Waals surface area (Å²) >= 11 is 5.80. The van der Waals surface area contributed by atoms with Crippen LogP contribution >= 0.6 is 12.2 Å². The number of benzene rings is 1. The SMILES string of the molecule is COc1ccc(N2C(=S)N[C@@H](c3ccccn3)[C@@H]2c2cccn2-c2ccccn2)cc1. The number of thiocarbonyl (C=S) groups is 1. The van der Waals surface area contributed by atoms with Gasteiger partial charge in [-0.3, -0.25) is 4.98 Å². The molecule has 2 atom stereocenters. The molecule has 4 aromatic rings. The van der Waals surface area contributed by atoms with Crippen molar-refractivity contribution in [3.8, 4) is 11.6 Å². The third-order valence-electron chi connectivity index (χ3n) is 5.43. The van der Waals surface area contributed by atoms with Crippen molar-refractivity contribution in [2.45, 2.75) is 12.1 Å². The molecule has 0 saturated carbocycles. The quantitative estimate of drug-likeness (QED) is 0.475. The zero-order valence-corrected chi connectivity index (χ0v) is 17.7. The molecule has 5 rings (SSSR count). The van der Waals surface area contributed by atoms with Crippen LogP contribution in [0.4, 0.5) is 5.69 Å². The molecule has 1 aromatic carbocycles. The Kier molecular flexibility index (Phi) is 5.09. The Balaban J connectivity index is 1.65. The van der Waals surface area contributed by atoms with E-state index >= 15 is 0 Å². The van der Waals surface area contributed by atoms with Gasteiger partial charge in [0.2, 0.25) is 0 Å². The van der Waals surface area contributed by atoms with Gasteiger partial charge >= 0.3 is 0 Å². The molecule has 0 aliphatic carbocycles. The number of nitrogens with one attached hydrogen (secondary N) is 1. The Labute approximate surface area is 186 Å². The largest absolute Gasteiger partial charge is 0.497 e. The fourth-order valence-corrected chi connectivity index (χ4v) is 4.36. The molecule has 7 heteroatoms. The van der Waals surface area contributed by atoms with Crippen molar-refractivity contribution in [3.05, 3.63) is 103 Å². The molecule has 3 aromatic heterocycles. The molecule has 154 valence electrons. The van der Waals surface area contributed by atoms with E-state index in [9.17, 15) is 0 Å². The van der Waals surface area contributed by atoms with Crippen LogP contribution in [0.25, 0.3) is 5.82 Å². The van der Waals surface area contributed by atoms with Gasteiger partial charge in [0.15, 0.2) is 5.11 Å². The van der Waals surface area contributed by atoms with Crippen LogP contribution in [0.1, 0.15) is 23.5 Å². The second kappa shape index (κ2) is 8.20. The van der Waals surface area contributed by atoms with E-state index in [1.54, 1.807) is 13.3 Å². The second-order valence-electron chi connectivity index (χ2n) is 7.19. The summed E-state index contributed by atoms with van der Waals surface area (Å²) in [5.41, 5.74) is 2.98. The van der Waals surface area contributed by atoms with Crippen molar-refractivity contribution < 1.29 is 4.74 Å². The van der Waals surface area contributed by atoms with Crippen LogP contribution in [0.2, 0.25) is 0 Å². The number of nitrogens with zero attached hydrogens (tertiary/aromatic N) is 4. The molecule has 1 saturated heterocycles. The van der Waals surface area contributed by atoms with E-state index in [1.165, 1.54) is 0 Å². The molecular weight excluding hydrogens is 406 g/mol. The van der Waals surface area contributed by atoms with Gasteiger partial charge in [0.25, 0.3) is 0 Å². The number of aromatic nitrogens is 3. The van der Waals surface area contributed by atoms with Crippen molar-refractivity contribution in [3.63, 3.8) is 0 Å². The molecule has 0 bridgehead atoms. The average molecular weight is 428 g/mol. The monoisotopic (exact) mass is 427 g/mol. The lowest BCUT2D eigenvalue weighted by Crippen LogP contribution is -2.30. The maximum atomic E-state index is 5.80.